The van der Waals surface area contributed by atoms with Crippen LogP contribution < -0.4 is 5.73 Å². The van der Waals surface area contributed by atoms with Gasteiger partial charge in [0.25, 0.3) is 0 Å². The van der Waals surface area contributed by atoms with E-state index < -0.39 is 7.60 Å². The van der Waals surface area contributed by atoms with E-state index in [9.17, 15) is 15.1 Å². The third-order valence-electron chi connectivity index (χ3n) is 3.82. The fourth-order valence-electron chi connectivity index (χ4n) is 2.72. The topological polar surface area (TPSA) is 114 Å². The molecule has 2 aromatic rings. The number of nitrogens with two attached hydrogens (primary N) is 1. The Kier molecular flexibility index (Phi) is 6.23. The van der Waals surface area contributed by atoms with Gasteiger partial charge in [0, 0.05) is 5.69 Å². The number of rotatable bonds is 7. The Morgan fingerprint density at radius 2 is 1.62 bits per heavy atom. The average Bonchev–Trinajstić information content (AvgIpc) is 2.86. The molecule has 1 aromatic carbocycles. The first-order valence-electron chi connectivity index (χ1n) is 8.19. The van der Waals surface area contributed by atoms with Crippen LogP contribution in [-0.2, 0) is 19.8 Å². The Hall–Kier alpha value is -2.57. The quantitative estimate of drug-likeness (QED) is 0.738. The Balaban J connectivity index is 2.71. The first-order valence-corrected chi connectivity index (χ1v) is 9.92. The van der Waals surface area contributed by atoms with Crippen molar-refractivity contribution in [3.05, 3.63) is 46.6 Å². The molecule has 0 atom stereocenters. The molecule has 0 aliphatic rings. The van der Waals surface area contributed by atoms with E-state index in [2.05, 4.69) is 0 Å². The van der Waals surface area contributed by atoms with Crippen LogP contribution in [0.5, 0.6) is 0 Å². The SMILES string of the molecule is CCOP(=O)(Cc1c(C#N)c(C#N)c(N)n1-c1ccc(C)cc1)OCC. The molecule has 0 aliphatic carbocycles. The molecule has 0 saturated carbocycles. The third kappa shape index (κ3) is 3.81. The minimum atomic E-state index is -3.49. The smallest absolute Gasteiger partial charge is 0.336 e. The van der Waals surface area contributed by atoms with Crippen molar-refractivity contribution in [2.45, 2.75) is 26.9 Å². The van der Waals surface area contributed by atoms with Crippen molar-refractivity contribution in [2.24, 2.45) is 0 Å². The van der Waals surface area contributed by atoms with E-state index in [4.69, 9.17) is 14.8 Å². The number of hydrogen-bond donors (Lipinski definition) is 1. The zero-order chi connectivity index (χ0) is 19.3. The van der Waals surface area contributed by atoms with Gasteiger partial charge in [-0.2, -0.15) is 10.5 Å². The number of nitriles is 2. The number of nitrogen functional groups attached to an aromatic ring is 1. The molecule has 1 aromatic heterocycles. The van der Waals surface area contributed by atoms with Gasteiger partial charge >= 0.3 is 7.60 Å². The van der Waals surface area contributed by atoms with Gasteiger partial charge in [0.1, 0.15) is 23.5 Å². The van der Waals surface area contributed by atoms with Gasteiger partial charge in [-0.1, -0.05) is 17.7 Å². The molecule has 1 heterocycles. The summed E-state index contributed by atoms with van der Waals surface area (Å²) in [5.41, 5.74) is 8.35. The molecule has 136 valence electrons. The molecule has 0 bridgehead atoms. The number of aryl methyl sites for hydroxylation is 1. The summed E-state index contributed by atoms with van der Waals surface area (Å²) in [6.45, 7) is 5.77. The van der Waals surface area contributed by atoms with E-state index in [1.54, 1.807) is 18.4 Å². The number of anilines is 1. The fraction of sp³-hybridized carbons (Fsp3) is 0.333. The summed E-state index contributed by atoms with van der Waals surface area (Å²) >= 11 is 0. The molecule has 7 nitrogen and oxygen atoms in total. The lowest BCUT2D eigenvalue weighted by Gasteiger charge is -2.19. The van der Waals surface area contributed by atoms with Crippen molar-refractivity contribution in [2.75, 3.05) is 18.9 Å². The molecular formula is C18H21N4O3P. The minimum absolute atomic E-state index is 0.0580. The monoisotopic (exact) mass is 372 g/mol. The standard InChI is InChI=1S/C18H21N4O3P/c1-4-24-26(23,25-5-2)12-17-15(10-19)16(11-20)18(21)22(17)14-8-6-13(3)7-9-14/h6-9H,4-5,12,21H2,1-3H3. The van der Waals surface area contributed by atoms with E-state index in [1.807, 2.05) is 43.3 Å². The van der Waals surface area contributed by atoms with Crippen molar-refractivity contribution < 1.29 is 13.6 Å². The van der Waals surface area contributed by atoms with E-state index >= 15 is 0 Å². The van der Waals surface area contributed by atoms with Crippen LogP contribution in [-0.4, -0.2) is 17.8 Å². The van der Waals surface area contributed by atoms with Crippen LogP contribution in [0, 0.1) is 29.6 Å². The Bertz CT molecular complexity index is 910. The van der Waals surface area contributed by atoms with Crippen LogP contribution in [0.2, 0.25) is 0 Å². The zero-order valence-corrected chi connectivity index (χ0v) is 15.9. The second-order valence-corrected chi connectivity index (χ2v) is 7.64. The van der Waals surface area contributed by atoms with Crippen LogP contribution >= 0.6 is 7.60 Å². The predicted octanol–water partition coefficient (Wildman–Crippen LogP) is 3.88. The summed E-state index contributed by atoms with van der Waals surface area (Å²) in [4.78, 5) is 0. The summed E-state index contributed by atoms with van der Waals surface area (Å²) in [6.07, 6.45) is -0.155. The molecule has 8 heteroatoms. The Morgan fingerprint density at radius 3 is 2.08 bits per heavy atom. The van der Waals surface area contributed by atoms with Gasteiger partial charge < -0.3 is 14.8 Å². The van der Waals surface area contributed by atoms with Crippen LogP contribution in [0.1, 0.15) is 36.2 Å². The van der Waals surface area contributed by atoms with Crippen molar-refractivity contribution in [3.63, 3.8) is 0 Å². The molecule has 2 N–H and O–H groups in total. The number of hydrogen-bond acceptors (Lipinski definition) is 6. The first kappa shape index (κ1) is 19.8. The largest absolute Gasteiger partial charge is 0.384 e. The number of benzene rings is 1. The molecular weight excluding hydrogens is 351 g/mol. The first-order chi connectivity index (χ1) is 12.4. The zero-order valence-electron chi connectivity index (χ0n) is 15.0. The maximum absolute atomic E-state index is 13.0. The van der Waals surface area contributed by atoms with Crippen molar-refractivity contribution in [1.29, 1.82) is 10.5 Å². The van der Waals surface area contributed by atoms with Crippen LogP contribution in [0.3, 0.4) is 0 Å². The third-order valence-corrected chi connectivity index (χ3v) is 5.81. The Morgan fingerprint density at radius 1 is 1.08 bits per heavy atom. The lowest BCUT2D eigenvalue weighted by molar-refractivity contribution is 0.219. The normalized spacial score (nSPS) is 11.1. The van der Waals surface area contributed by atoms with E-state index in [0.717, 1.165) is 5.56 Å². The molecule has 0 spiro atoms. The maximum atomic E-state index is 13.0. The molecule has 0 aliphatic heterocycles. The van der Waals surface area contributed by atoms with Crippen molar-refractivity contribution in [3.8, 4) is 17.8 Å². The van der Waals surface area contributed by atoms with Gasteiger partial charge in [0.15, 0.2) is 0 Å². The summed E-state index contributed by atoms with van der Waals surface area (Å²) < 4.78 is 25.3. The molecule has 0 amide bonds. The van der Waals surface area contributed by atoms with Gasteiger partial charge in [-0.05, 0) is 32.9 Å². The van der Waals surface area contributed by atoms with Crippen LogP contribution in [0.15, 0.2) is 24.3 Å². The van der Waals surface area contributed by atoms with Gasteiger partial charge in [-0.3, -0.25) is 9.13 Å². The van der Waals surface area contributed by atoms with E-state index in [0.29, 0.717) is 11.4 Å². The highest BCUT2D eigenvalue weighted by Crippen LogP contribution is 2.52. The second-order valence-electron chi connectivity index (χ2n) is 5.58. The van der Waals surface area contributed by atoms with Gasteiger partial charge in [-0.25, -0.2) is 0 Å². The van der Waals surface area contributed by atoms with Crippen molar-refractivity contribution in [1.82, 2.24) is 4.57 Å². The predicted molar refractivity (Wildman–Crippen MR) is 98.9 cm³/mol. The molecule has 0 fully saturated rings. The molecule has 0 unspecified atom stereocenters. The Labute approximate surface area is 153 Å². The summed E-state index contributed by atoms with van der Waals surface area (Å²) in [6, 6.07) is 11.4. The summed E-state index contributed by atoms with van der Waals surface area (Å²) in [5, 5.41) is 19.0. The molecule has 0 saturated heterocycles. The van der Waals surface area contributed by atoms with Crippen LogP contribution in [0.25, 0.3) is 5.69 Å². The highest BCUT2D eigenvalue weighted by atomic mass is 31.2. The van der Waals surface area contributed by atoms with E-state index in [1.165, 1.54) is 0 Å². The maximum Gasteiger partial charge on any atom is 0.336 e. The number of aromatic nitrogens is 1. The average molecular weight is 372 g/mol. The molecule has 26 heavy (non-hydrogen) atoms. The second kappa shape index (κ2) is 8.21. The summed E-state index contributed by atoms with van der Waals surface area (Å²) in [5.74, 6) is 0.127. The minimum Gasteiger partial charge on any atom is -0.384 e. The fourth-order valence-corrected chi connectivity index (χ4v) is 4.43. The van der Waals surface area contributed by atoms with Gasteiger partial charge in [0.05, 0.1) is 30.6 Å². The van der Waals surface area contributed by atoms with Gasteiger partial charge in [-0.15, -0.1) is 0 Å². The lowest BCUT2D eigenvalue weighted by Crippen LogP contribution is -2.08. The highest BCUT2D eigenvalue weighted by molar-refractivity contribution is 7.53. The van der Waals surface area contributed by atoms with E-state index in [-0.39, 0.29) is 36.3 Å². The number of nitrogens with zero attached hydrogens (tertiary/aromatic N) is 3. The van der Waals surface area contributed by atoms with Crippen molar-refractivity contribution >= 4 is 13.4 Å². The lowest BCUT2D eigenvalue weighted by atomic mass is 10.2. The highest BCUT2D eigenvalue weighted by Gasteiger charge is 2.31. The van der Waals surface area contributed by atoms with Crippen LogP contribution in [0.4, 0.5) is 5.82 Å². The van der Waals surface area contributed by atoms with Gasteiger partial charge in [0.2, 0.25) is 0 Å². The summed E-state index contributed by atoms with van der Waals surface area (Å²) in [7, 11) is -3.49. The molecule has 2 rings (SSSR count). The molecule has 0 radical (unpaired) electrons.